The predicted molar refractivity (Wildman–Crippen MR) is 113 cm³/mol. The first-order valence-corrected chi connectivity index (χ1v) is 9.64. The van der Waals surface area contributed by atoms with Gasteiger partial charge in [0.2, 0.25) is 0 Å². The van der Waals surface area contributed by atoms with E-state index in [2.05, 4.69) is 25.3 Å². The maximum atomic E-state index is 12.2. The van der Waals surface area contributed by atoms with E-state index >= 15 is 0 Å². The van der Waals surface area contributed by atoms with Crippen LogP contribution in [0.2, 0.25) is 0 Å². The summed E-state index contributed by atoms with van der Waals surface area (Å²) in [6, 6.07) is 15.8. The van der Waals surface area contributed by atoms with Crippen LogP contribution in [0.4, 0.5) is 8.78 Å². The number of guanidine groups is 1. The van der Waals surface area contributed by atoms with E-state index in [0.717, 1.165) is 16.5 Å². The van der Waals surface area contributed by atoms with Gasteiger partial charge >= 0.3 is 6.61 Å². The lowest BCUT2D eigenvalue weighted by Gasteiger charge is -2.16. The van der Waals surface area contributed by atoms with Crippen molar-refractivity contribution in [2.75, 3.05) is 13.1 Å². The van der Waals surface area contributed by atoms with Gasteiger partial charge in [0.05, 0.1) is 18.2 Å². The SMILES string of the molecule is CCNC(=NCc1cccc2cccnc12)NCC(O)c1ccc(OC(F)F)cc1. The Labute approximate surface area is 173 Å². The van der Waals surface area contributed by atoms with Crippen molar-refractivity contribution in [1.82, 2.24) is 15.6 Å². The van der Waals surface area contributed by atoms with Gasteiger partial charge in [-0.2, -0.15) is 8.78 Å². The molecule has 1 atom stereocenters. The molecular formula is C22H24F2N4O2. The van der Waals surface area contributed by atoms with Gasteiger partial charge in [-0.1, -0.05) is 36.4 Å². The zero-order chi connectivity index (χ0) is 21.3. The molecule has 0 aliphatic heterocycles. The molecule has 0 radical (unpaired) electrons. The number of para-hydroxylation sites is 1. The van der Waals surface area contributed by atoms with E-state index in [1.807, 2.05) is 37.3 Å². The van der Waals surface area contributed by atoms with Crippen molar-refractivity contribution in [3.63, 3.8) is 0 Å². The zero-order valence-electron chi connectivity index (χ0n) is 16.6. The number of alkyl halides is 2. The van der Waals surface area contributed by atoms with Gasteiger partial charge in [-0.05, 0) is 36.2 Å². The molecule has 0 fully saturated rings. The van der Waals surface area contributed by atoms with E-state index in [1.165, 1.54) is 12.1 Å². The molecule has 2 aromatic carbocycles. The minimum Gasteiger partial charge on any atom is -0.435 e. The normalized spacial score (nSPS) is 12.8. The number of halogens is 2. The van der Waals surface area contributed by atoms with Gasteiger partial charge in [-0.3, -0.25) is 4.98 Å². The number of aliphatic hydroxyl groups is 1. The van der Waals surface area contributed by atoms with Gasteiger partial charge < -0.3 is 20.5 Å². The Kier molecular flexibility index (Phi) is 7.51. The number of aliphatic hydroxyl groups excluding tert-OH is 1. The van der Waals surface area contributed by atoms with Crippen LogP contribution in [0.3, 0.4) is 0 Å². The fourth-order valence-corrected chi connectivity index (χ4v) is 2.98. The van der Waals surface area contributed by atoms with Crippen LogP contribution >= 0.6 is 0 Å². The van der Waals surface area contributed by atoms with E-state index in [1.54, 1.807) is 18.3 Å². The minimum absolute atomic E-state index is 0.0486. The summed E-state index contributed by atoms with van der Waals surface area (Å²) in [5, 5.41) is 17.7. The molecular weight excluding hydrogens is 390 g/mol. The summed E-state index contributed by atoms with van der Waals surface area (Å²) >= 11 is 0. The van der Waals surface area contributed by atoms with Gasteiger partial charge in [-0.15, -0.1) is 0 Å². The van der Waals surface area contributed by atoms with Crippen molar-refractivity contribution in [3.05, 3.63) is 71.9 Å². The van der Waals surface area contributed by atoms with Gasteiger partial charge in [0.15, 0.2) is 5.96 Å². The molecule has 0 amide bonds. The first-order valence-electron chi connectivity index (χ1n) is 9.64. The van der Waals surface area contributed by atoms with E-state index in [-0.39, 0.29) is 12.3 Å². The highest BCUT2D eigenvalue weighted by Crippen LogP contribution is 2.19. The van der Waals surface area contributed by atoms with Crippen molar-refractivity contribution in [2.45, 2.75) is 26.2 Å². The lowest BCUT2D eigenvalue weighted by atomic mass is 10.1. The van der Waals surface area contributed by atoms with Crippen LogP contribution in [0.25, 0.3) is 10.9 Å². The highest BCUT2D eigenvalue weighted by atomic mass is 19.3. The molecule has 1 unspecified atom stereocenters. The van der Waals surface area contributed by atoms with Crippen LogP contribution in [0, 0.1) is 0 Å². The van der Waals surface area contributed by atoms with Crippen LogP contribution < -0.4 is 15.4 Å². The molecule has 3 N–H and O–H groups in total. The number of aliphatic imine (C=N–C) groups is 1. The maximum Gasteiger partial charge on any atom is 0.387 e. The fourth-order valence-electron chi connectivity index (χ4n) is 2.98. The number of nitrogens with zero attached hydrogens (tertiary/aromatic N) is 2. The number of nitrogens with one attached hydrogen (secondary N) is 2. The molecule has 0 spiro atoms. The molecule has 3 aromatic rings. The van der Waals surface area contributed by atoms with Crippen molar-refractivity contribution in [1.29, 1.82) is 0 Å². The number of benzene rings is 2. The Morgan fingerprint density at radius 2 is 1.87 bits per heavy atom. The largest absolute Gasteiger partial charge is 0.435 e. The van der Waals surface area contributed by atoms with Crippen molar-refractivity contribution in [3.8, 4) is 5.75 Å². The Morgan fingerprint density at radius 3 is 2.60 bits per heavy atom. The first kappa shape index (κ1) is 21.4. The second-order valence-corrected chi connectivity index (χ2v) is 6.53. The molecule has 0 saturated carbocycles. The second kappa shape index (κ2) is 10.5. The highest BCUT2D eigenvalue weighted by molar-refractivity contribution is 5.83. The average molecular weight is 414 g/mol. The summed E-state index contributed by atoms with van der Waals surface area (Å²) < 4.78 is 28.8. The van der Waals surface area contributed by atoms with Crippen molar-refractivity contribution in [2.24, 2.45) is 4.99 Å². The monoisotopic (exact) mass is 414 g/mol. The number of hydrogen-bond donors (Lipinski definition) is 3. The third-order valence-corrected chi connectivity index (χ3v) is 4.42. The number of aromatic nitrogens is 1. The van der Waals surface area contributed by atoms with Gasteiger partial charge in [0.25, 0.3) is 0 Å². The Balaban J connectivity index is 1.63. The highest BCUT2D eigenvalue weighted by Gasteiger charge is 2.10. The maximum absolute atomic E-state index is 12.2. The lowest BCUT2D eigenvalue weighted by molar-refractivity contribution is -0.0498. The molecule has 158 valence electrons. The summed E-state index contributed by atoms with van der Waals surface area (Å²) in [6.07, 6.45) is 0.918. The molecule has 0 aliphatic carbocycles. The van der Waals surface area contributed by atoms with Crippen LogP contribution in [-0.2, 0) is 6.54 Å². The van der Waals surface area contributed by atoms with Crippen molar-refractivity contribution < 1.29 is 18.6 Å². The number of pyridine rings is 1. The third kappa shape index (κ3) is 5.87. The van der Waals surface area contributed by atoms with Crippen molar-refractivity contribution >= 4 is 16.9 Å². The molecule has 0 aliphatic rings. The third-order valence-electron chi connectivity index (χ3n) is 4.42. The van der Waals surface area contributed by atoms with Crippen LogP contribution in [0.5, 0.6) is 5.75 Å². The number of hydrogen-bond acceptors (Lipinski definition) is 4. The average Bonchev–Trinajstić information content (AvgIpc) is 2.75. The van der Waals surface area contributed by atoms with E-state index in [0.29, 0.717) is 24.6 Å². The zero-order valence-corrected chi connectivity index (χ0v) is 16.6. The predicted octanol–water partition coefficient (Wildman–Crippen LogP) is 3.62. The summed E-state index contributed by atoms with van der Waals surface area (Å²) in [4.78, 5) is 9.02. The molecule has 30 heavy (non-hydrogen) atoms. The minimum atomic E-state index is -2.88. The van der Waals surface area contributed by atoms with Crippen LogP contribution in [0.15, 0.2) is 65.8 Å². The van der Waals surface area contributed by atoms with Gasteiger partial charge in [0.1, 0.15) is 5.75 Å². The van der Waals surface area contributed by atoms with E-state index < -0.39 is 12.7 Å². The Hall–Kier alpha value is -3.26. The Bertz CT molecular complexity index is 975. The molecule has 6 nitrogen and oxygen atoms in total. The Morgan fingerprint density at radius 1 is 1.10 bits per heavy atom. The molecule has 0 saturated heterocycles. The summed E-state index contributed by atoms with van der Waals surface area (Å²) in [7, 11) is 0. The topological polar surface area (TPSA) is 78.8 Å². The summed E-state index contributed by atoms with van der Waals surface area (Å²) in [5.74, 6) is 0.606. The van der Waals surface area contributed by atoms with Gasteiger partial charge in [0, 0.05) is 24.7 Å². The lowest BCUT2D eigenvalue weighted by Crippen LogP contribution is -2.39. The number of ether oxygens (including phenoxy) is 1. The second-order valence-electron chi connectivity index (χ2n) is 6.53. The van der Waals surface area contributed by atoms with E-state index in [4.69, 9.17) is 0 Å². The fraction of sp³-hybridized carbons (Fsp3) is 0.273. The van der Waals surface area contributed by atoms with E-state index in [9.17, 15) is 13.9 Å². The molecule has 1 heterocycles. The summed E-state index contributed by atoms with van der Waals surface area (Å²) in [5.41, 5.74) is 2.49. The first-order chi connectivity index (χ1) is 14.6. The molecule has 8 heteroatoms. The quantitative estimate of drug-likeness (QED) is 0.388. The standard InChI is InChI=1S/C22H24F2N4O2/c1-2-25-22(27-13-17-6-3-5-16-7-4-12-26-20(16)17)28-14-19(29)15-8-10-18(11-9-15)30-21(23)24/h3-12,19,21,29H,2,13-14H2,1H3,(H2,25,27,28). The van der Waals surface area contributed by atoms with Crippen LogP contribution in [-0.4, -0.2) is 35.8 Å². The molecule has 0 bridgehead atoms. The smallest absolute Gasteiger partial charge is 0.387 e. The summed E-state index contributed by atoms with van der Waals surface area (Å²) in [6.45, 7) is 0.372. The molecule has 3 rings (SSSR count). The molecule has 1 aromatic heterocycles. The number of fused-ring (bicyclic) bond motifs is 1. The number of rotatable bonds is 8. The van der Waals surface area contributed by atoms with Crippen LogP contribution in [0.1, 0.15) is 24.2 Å². The van der Waals surface area contributed by atoms with Gasteiger partial charge in [-0.25, -0.2) is 4.99 Å².